The summed E-state index contributed by atoms with van der Waals surface area (Å²) in [6.07, 6.45) is 4.20. The summed E-state index contributed by atoms with van der Waals surface area (Å²) in [5.41, 5.74) is 7.44. The molecule has 0 aliphatic heterocycles. The molecule has 0 saturated carbocycles. The van der Waals surface area contributed by atoms with Crippen molar-refractivity contribution < 1.29 is 9.59 Å². The van der Waals surface area contributed by atoms with Gasteiger partial charge in [0.2, 0.25) is 5.91 Å². The minimum atomic E-state index is -1.10. The molecule has 0 saturated heterocycles. The van der Waals surface area contributed by atoms with Gasteiger partial charge >= 0.3 is 0 Å². The number of amides is 2. The van der Waals surface area contributed by atoms with Crippen LogP contribution in [0.3, 0.4) is 0 Å². The molecule has 0 aliphatic rings. The highest BCUT2D eigenvalue weighted by Crippen LogP contribution is 2.00. The van der Waals surface area contributed by atoms with E-state index in [4.69, 9.17) is 5.73 Å². The Bertz CT molecular complexity index is 687. The number of rotatable bonds is 7. The van der Waals surface area contributed by atoms with Gasteiger partial charge in [-0.3, -0.25) is 14.6 Å². The lowest BCUT2D eigenvalue weighted by Crippen LogP contribution is -2.52. The van der Waals surface area contributed by atoms with Gasteiger partial charge in [-0.05, 0) is 23.8 Å². The van der Waals surface area contributed by atoms with Gasteiger partial charge in [0.15, 0.2) is 6.17 Å². The number of benzene rings is 1. The van der Waals surface area contributed by atoms with Crippen molar-refractivity contribution >= 4 is 17.9 Å². The highest BCUT2D eigenvalue weighted by molar-refractivity contribution is 5.95. The monoisotopic (exact) mass is 324 g/mol. The summed E-state index contributed by atoms with van der Waals surface area (Å²) in [4.78, 5) is 27.8. The molecule has 6 nitrogen and oxygen atoms in total. The molecule has 4 N–H and O–H groups in total. The topological polar surface area (TPSA) is 97.1 Å². The van der Waals surface area contributed by atoms with Crippen molar-refractivity contribution in [1.82, 2.24) is 15.6 Å². The first-order valence-corrected chi connectivity index (χ1v) is 7.62. The Morgan fingerprint density at radius 2 is 1.88 bits per heavy atom. The molecule has 6 heteroatoms. The molecule has 0 bridgehead atoms. The zero-order valence-corrected chi connectivity index (χ0v) is 13.2. The van der Waals surface area contributed by atoms with Crippen molar-refractivity contribution in [2.75, 3.05) is 6.54 Å². The van der Waals surface area contributed by atoms with E-state index in [1.165, 1.54) is 6.08 Å². The zero-order chi connectivity index (χ0) is 17.2. The van der Waals surface area contributed by atoms with E-state index in [0.717, 1.165) is 11.3 Å². The number of hydrogen-bond donors (Lipinski definition) is 3. The van der Waals surface area contributed by atoms with E-state index in [2.05, 4.69) is 15.6 Å². The van der Waals surface area contributed by atoms with E-state index in [0.29, 0.717) is 13.0 Å². The third kappa shape index (κ3) is 6.02. The van der Waals surface area contributed by atoms with Gasteiger partial charge in [-0.25, -0.2) is 0 Å². The first-order valence-electron chi connectivity index (χ1n) is 7.62. The molecule has 1 unspecified atom stereocenters. The molecular formula is C18H20N4O2. The second-order valence-electron chi connectivity index (χ2n) is 5.09. The maximum Gasteiger partial charge on any atom is 0.257 e. The number of hydrogen-bond acceptors (Lipinski definition) is 4. The van der Waals surface area contributed by atoms with Crippen LogP contribution in [-0.2, 0) is 16.0 Å². The molecule has 2 amide bonds. The summed E-state index contributed by atoms with van der Waals surface area (Å²) in [5, 5.41) is 5.09. The number of pyridine rings is 1. The van der Waals surface area contributed by atoms with Crippen LogP contribution in [0.5, 0.6) is 0 Å². The summed E-state index contributed by atoms with van der Waals surface area (Å²) < 4.78 is 0. The van der Waals surface area contributed by atoms with E-state index in [1.807, 2.05) is 48.5 Å². The van der Waals surface area contributed by atoms with Crippen LogP contribution in [0.15, 0.2) is 60.8 Å². The van der Waals surface area contributed by atoms with E-state index in [9.17, 15) is 9.59 Å². The van der Waals surface area contributed by atoms with Gasteiger partial charge in [0.25, 0.3) is 5.91 Å². The first-order chi connectivity index (χ1) is 11.6. The third-order valence-electron chi connectivity index (χ3n) is 3.21. The van der Waals surface area contributed by atoms with Gasteiger partial charge in [0, 0.05) is 30.9 Å². The SMILES string of the molecule is NC(NC(=O)C=Cc1ccccc1)C(=O)NCCc1ccccn1. The maximum absolute atomic E-state index is 11.8. The van der Waals surface area contributed by atoms with Crippen molar-refractivity contribution in [3.8, 4) is 0 Å². The fourth-order valence-corrected chi connectivity index (χ4v) is 1.97. The van der Waals surface area contributed by atoms with Gasteiger partial charge in [-0.1, -0.05) is 36.4 Å². The number of carbonyl (C=O) groups is 2. The molecule has 124 valence electrons. The van der Waals surface area contributed by atoms with Crippen LogP contribution >= 0.6 is 0 Å². The summed E-state index contributed by atoms with van der Waals surface area (Å²) in [5.74, 6) is -0.862. The normalized spacial score (nSPS) is 11.9. The summed E-state index contributed by atoms with van der Waals surface area (Å²) in [6, 6.07) is 15.0. The smallest absolute Gasteiger partial charge is 0.257 e. The Balaban J connectivity index is 1.72. The van der Waals surface area contributed by atoms with Crippen LogP contribution in [0.25, 0.3) is 6.08 Å². The first kappa shape index (κ1) is 17.4. The Kier molecular flexibility index (Phi) is 6.67. The quantitative estimate of drug-likeness (QED) is 0.520. The van der Waals surface area contributed by atoms with Crippen LogP contribution in [-0.4, -0.2) is 29.5 Å². The molecule has 2 rings (SSSR count). The van der Waals surface area contributed by atoms with Crippen LogP contribution < -0.4 is 16.4 Å². The van der Waals surface area contributed by atoms with Gasteiger partial charge in [0.05, 0.1) is 0 Å². The number of nitrogens with two attached hydrogens (primary N) is 1. The van der Waals surface area contributed by atoms with Gasteiger partial charge in [-0.2, -0.15) is 0 Å². The Hall–Kier alpha value is -2.99. The average Bonchev–Trinajstić information content (AvgIpc) is 2.61. The van der Waals surface area contributed by atoms with E-state index in [-0.39, 0.29) is 0 Å². The van der Waals surface area contributed by atoms with Crippen LogP contribution in [0.4, 0.5) is 0 Å². The zero-order valence-electron chi connectivity index (χ0n) is 13.2. The lowest BCUT2D eigenvalue weighted by atomic mass is 10.2. The predicted octanol–water partition coefficient (Wildman–Crippen LogP) is 0.855. The molecule has 1 aromatic carbocycles. The molecule has 1 aromatic heterocycles. The second-order valence-corrected chi connectivity index (χ2v) is 5.09. The molecule has 1 heterocycles. The number of carbonyl (C=O) groups excluding carboxylic acids is 2. The lowest BCUT2D eigenvalue weighted by Gasteiger charge is -2.12. The predicted molar refractivity (Wildman–Crippen MR) is 92.5 cm³/mol. The molecule has 0 aliphatic carbocycles. The van der Waals surface area contributed by atoms with Crippen molar-refractivity contribution in [3.05, 3.63) is 72.1 Å². The van der Waals surface area contributed by atoms with E-state index >= 15 is 0 Å². The van der Waals surface area contributed by atoms with Crippen LogP contribution in [0.2, 0.25) is 0 Å². The molecule has 2 aromatic rings. The fraction of sp³-hybridized carbons (Fsp3) is 0.167. The van der Waals surface area contributed by atoms with Crippen LogP contribution in [0, 0.1) is 0 Å². The van der Waals surface area contributed by atoms with Gasteiger partial charge < -0.3 is 16.4 Å². The van der Waals surface area contributed by atoms with Gasteiger partial charge in [0.1, 0.15) is 0 Å². The average molecular weight is 324 g/mol. The summed E-state index contributed by atoms with van der Waals surface area (Å²) in [7, 11) is 0. The maximum atomic E-state index is 11.8. The second kappa shape index (κ2) is 9.22. The van der Waals surface area contributed by atoms with E-state index < -0.39 is 18.0 Å². The molecule has 0 fully saturated rings. The highest BCUT2D eigenvalue weighted by atomic mass is 16.2. The minimum Gasteiger partial charge on any atom is -0.353 e. The van der Waals surface area contributed by atoms with Crippen LogP contribution in [0.1, 0.15) is 11.3 Å². The van der Waals surface area contributed by atoms with Crippen molar-refractivity contribution in [1.29, 1.82) is 0 Å². The Morgan fingerprint density at radius 3 is 2.58 bits per heavy atom. The molecule has 0 spiro atoms. The number of nitrogens with one attached hydrogen (secondary N) is 2. The standard InChI is InChI=1S/C18H20N4O2/c19-17(18(24)21-13-11-15-8-4-5-12-20-15)22-16(23)10-9-14-6-2-1-3-7-14/h1-10,12,17H,11,13,19H2,(H,21,24)(H,22,23). The Labute approximate surface area is 140 Å². The molecule has 1 atom stereocenters. The minimum absolute atomic E-state index is 0.402. The lowest BCUT2D eigenvalue weighted by molar-refractivity contribution is -0.126. The molecule has 0 radical (unpaired) electrons. The van der Waals surface area contributed by atoms with E-state index in [1.54, 1.807) is 12.3 Å². The highest BCUT2D eigenvalue weighted by Gasteiger charge is 2.14. The van der Waals surface area contributed by atoms with Crippen molar-refractivity contribution in [2.45, 2.75) is 12.6 Å². The van der Waals surface area contributed by atoms with Crippen molar-refractivity contribution in [3.63, 3.8) is 0 Å². The number of nitrogens with zero attached hydrogens (tertiary/aromatic N) is 1. The van der Waals surface area contributed by atoms with Gasteiger partial charge in [-0.15, -0.1) is 0 Å². The Morgan fingerprint density at radius 1 is 1.12 bits per heavy atom. The summed E-state index contributed by atoms with van der Waals surface area (Å²) >= 11 is 0. The third-order valence-corrected chi connectivity index (χ3v) is 3.21. The molecular weight excluding hydrogens is 304 g/mol. The fourth-order valence-electron chi connectivity index (χ4n) is 1.97. The molecule has 24 heavy (non-hydrogen) atoms. The number of aromatic nitrogens is 1. The van der Waals surface area contributed by atoms with Crippen molar-refractivity contribution in [2.24, 2.45) is 5.73 Å². The largest absolute Gasteiger partial charge is 0.353 e. The summed E-state index contributed by atoms with van der Waals surface area (Å²) in [6.45, 7) is 0.402.